The van der Waals surface area contributed by atoms with Crippen LogP contribution in [0.1, 0.15) is 52.8 Å². The fraction of sp³-hybridized carbons (Fsp3) is 0.250. The Labute approximate surface area is 266 Å². The van der Waals surface area contributed by atoms with Gasteiger partial charge < -0.3 is 14.4 Å². The predicted octanol–water partition coefficient (Wildman–Crippen LogP) is 9.66. The number of fused-ring (bicyclic) bond motifs is 8. The number of benzene rings is 5. The van der Waals surface area contributed by atoms with Gasteiger partial charge in [-0.1, -0.05) is 92.2 Å². The maximum absolute atomic E-state index is 13.9. The van der Waals surface area contributed by atoms with Crippen LogP contribution in [0.25, 0.3) is 28.0 Å². The number of ether oxygens (including phenoxy) is 2. The highest BCUT2D eigenvalue weighted by Gasteiger charge is 2.45. The van der Waals surface area contributed by atoms with Crippen molar-refractivity contribution in [3.63, 3.8) is 0 Å². The van der Waals surface area contributed by atoms with E-state index in [1.54, 1.807) is 6.07 Å². The Morgan fingerprint density at radius 2 is 1.43 bits per heavy atom. The van der Waals surface area contributed by atoms with Gasteiger partial charge in [0, 0.05) is 46.3 Å². The van der Waals surface area contributed by atoms with Crippen LogP contribution in [0.5, 0.6) is 5.75 Å². The highest BCUT2D eigenvalue weighted by Crippen LogP contribution is 2.58. The molecule has 8 rings (SSSR count). The molecular formula is C40H34F3NO2. The van der Waals surface area contributed by atoms with Gasteiger partial charge in [-0.3, -0.25) is 0 Å². The molecule has 5 aromatic rings. The molecule has 1 aliphatic carbocycles. The van der Waals surface area contributed by atoms with E-state index in [2.05, 4.69) is 84.6 Å². The van der Waals surface area contributed by atoms with Crippen LogP contribution in [0.3, 0.4) is 0 Å². The lowest BCUT2D eigenvalue weighted by atomic mass is 9.76. The second-order valence-corrected chi connectivity index (χ2v) is 13.1. The van der Waals surface area contributed by atoms with E-state index in [4.69, 9.17) is 9.47 Å². The zero-order valence-electron chi connectivity index (χ0n) is 26.0. The minimum Gasteiger partial charge on any atom is -0.472 e. The number of nitrogens with zero attached hydrogens (tertiary/aromatic N) is 1. The maximum Gasteiger partial charge on any atom is 0.416 e. The smallest absolute Gasteiger partial charge is 0.416 e. The number of hydrogen-bond donors (Lipinski definition) is 0. The zero-order valence-corrected chi connectivity index (χ0v) is 26.0. The van der Waals surface area contributed by atoms with Gasteiger partial charge in [0.25, 0.3) is 0 Å². The molecule has 1 fully saturated rings. The molecule has 0 N–H and O–H groups in total. The molecule has 3 aliphatic rings. The van der Waals surface area contributed by atoms with Crippen LogP contribution < -0.4 is 9.64 Å². The van der Waals surface area contributed by atoms with E-state index in [1.807, 2.05) is 26.0 Å². The highest BCUT2D eigenvalue weighted by atomic mass is 19.4. The van der Waals surface area contributed by atoms with Crippen LogP contribution >= 0.6 is 0 Å². The van der Waals surface area contributed by atoms with Gasteiger partial charge >= 0.3 is 6.18 Å². The van der Waals surface area contributed by atoms with Crippen molar-refractivity contribution in [3.05, 3.63) is 136 Å². The van der Waals surface area contributed by atoms with Crippen LogP contribution in [-0.2, 0) is 21.9 Å². The van der Waals surface area contributed by atoms with E-state index in [9.17, 15) is 13.2 Å². The molecular weight excluding hydrogens is 583 g/mol. The Morgan fingerprint density at radius 3 is 2.11 bits per heavy atom. The molecule has 1 saturated heterocycles. The van der Waals surface area contributed by atoms with E-state index in [0.29, 0.717) is 18.8 Å². The SMILES string of the molecule is Cc1ccc(C2(c3ccc(N4CCOCC4)cc3)C=Cc3c4c(c5ccccc5c3O2)-c2ccc(C(F)(F)F)cc2C4(C)C)cc1. The van der Waals surface area contributed by atoms with E-state index < -0.39 is 22.8 Å². The monoisotopic (exact) mass is 617 g/mol. The molecule has 2 heterocycles. The quantitative estimate of drug-likeness (QED) is 0.201. The summed E-state index contributed by atoms with van der Waals surface area (Å²) >= 11 is 0. The highest BCUT2D eigenvalue weighted by molar-refractivity contribution is 6.08. The van der Waals surface area contributed by atoms with E-state index in [-0.39, 0.29) is 0 Å². The summed E-state index contributed by atoms with van der Waals surface area (Å²) < 4.78 is 54.5. The molecule has 0 saturated carbocycles. The minimum absolute atomic E-state index is 0.629. The maximum atomic E-state index is 13.9. The van der Waals surface area contributed by atoms with Crippen LogP contribution in [0.15, 0.2) is 97.1 Å². The van der Waals surface area contributed by atoms with Gasteiger partial charge in [0.1, 0.15) is 5.75 Å². The van der Waals surface area contributed by atoms with Crippen molar-refractivity contribution in [2.75, 3.05) is 31.2 Å². The first-order chi connectivity index (χ1) is 22.1. The van der Waals surface area contributed by atoms with Gasteiger partial charge in [-0.25, -0.2) is 0 Å². The summed E-state index contributed by atoms with van der Waals surface area (Å²) in [5, 5.41) is 1.91. The fourth-order valence-electron chi connectivity index (χ4n) is 7.63. The summed E-state index contributed by atoms with van der Waals surface area (Å²) in [6, 6.07) is 29.3. The Hall–Kier alpha value is -4.55. The number of hydrogen-bond acceptors (Lipinski definition) is 3. The first-order valence-electron chi connectivity index (χ1n) is 15.8. The van der Waals surface area contributed by atoms with Crippen LogP contribution in [-0.4, -0.2) is 26.3 Å². The van der Waals surface area contributed by atoms with Crippen LogP contribution in [0.2, 0.25) is 0 Å². The van der Waals surface area contributed by atoms with Crippen molar-refractivity contribution in [1.82, 2.24) is 0 Å². The third-order valence-corrected chi connectivity index (χ3v) is 10.0. The van der Waals surface area contributed by atoms with Gasteiger partial charge in [-0.05, 0) is 64.9 Å². The Morgan fingerprint density at radius 1 is 0.783 bits per heavy atom. The summed E-state index contributed by atoms with van der Waals surface area (Å²) in [5.74, 6) is 0.742. The Balaban J connectivity index is 1.34. The normalized spacial score (nSPS) is 19.8. The van der Waals surface area contributed by atoms with Crippen molar-refractivity contribution < 1.29 is 22.6 Å². The first-order valence-corrected chi connectivity index (χ1v) is 15.8. The number of anilines is 1. The topological polar surface area (TPSA) is 21.7 Å². The zero-order chi connectivity index (χ0) is 31.8. The second kappa shape index (κ2) is 10.2. The average Bonchev–Trinajstić information content (AvgIpc) is 3.31. The van der Waals surface area contributed by atoms with Gasteiger partial charge in [0.15, 0.2) is 5.60 Å². The summed E-state index contributed by atoms with van der Waals surface area (Å²) in [4.78, 5) is 2.33. The largest absolute Gasteiger partial charge is 0.472 e. The molecule has 46 heavy (non-hydrogen) atoms. The lowest BCUT2D eigenvalue weighted by Gasteiger charge is -2.39. The van der Waals surface area contributed by atoms with Crippen molar-refractivity contribution >= 4 is 22.5 Å². The lowest BCUT2D eigenvalue weighted by molar-refractivity contribution is -0.137. The number of alkyl halides is 3. The van der Waals surface area contributed by atoms with E-state index in [1.165, 1.54) is 12.1 Å². The Bertz CT molecular complexity index is 2020. The third-order valence-electron chi connectivity index (χ3n) is 10.0. The summed E-state index contributed by atoms with van der Waals surface area (Å²) in [5.41, 5.74) is 6.48. The fourth-order valence-corrected chi connectivity index (χ4v) is 7.63. The molecule has 5 aromatic carbocycles. The molecule has 0 spiro atoms. The molecule has 0 aromatic heterocycles. The first kappa shape index (κ1) is 28.9. The van der Waals surface area contributed by atoms with Gasteiger partial charge in [0.05, 0.1) is 18.8 Å². The summed E-state index contributed by atoms with van der Waals surface area (Å²) in [6.45, 7) is 9.25. The molecule has 3 nitrogen and oxygen atoms in total. The molecule has 0 amide bonds. The van der Waals surface area contributed by atoms with Crippen molar-refractivity contribution in [2.45, 2.75) is 38.0 Å². The van der Waals surface area contributed by atoms with Crippen molar-refractivity contribution in [3.8, 4) is 16.9 Å². The molecule has 1 unspecified atom stereocenters. The van der Waals surface area contributed by atoms with Crippen molar-refractivity contribution in [2.24, 2.45) is 0 Å². The van der Waals surface area contributed by atoms with Gasteiger partial charge in [-0.2, -0.15) is 13.2 Å². The Kier molecular flexibility index (Phi) is 6.42. The summed E-state index contributed by atoms with van der Waals surface area (Å²) in [6.07, 6.45) is -0.160. The van der Waals surface area contributed by atoms with Gasteiger partial charge in [-0.15, -0.1) is 0 Å². The number of rotatable bonds is 3. The molecule has 0 bridgehead atoms. The van der Waals surface area contributed by atoms with E-state index >= 15 is 0 Å². The molecule has 232 valence electrons. The molecule has 1 atom stereocenters. The molecule has 6 heteroatoms. The predicted molar refractivity (Wildman–Crippen MR) is 178 cm³/mol. The number of halogens is 3. The van der Waals surface area contributed by atoms with Crippen molar-refractivity contribution in [1.29, 1.82) is 0 Å². The van der Waals surface area contributed by atoms with Crippen LogP contribution in [0.4, 0.5) is 18.9 Å². The van der Waals surface area contributed by atoms with Gasteiger partial charge in [0.2, 0.25) is 0 Å². The third kappa shape index (κ3) is 4.30. The number of aryl methyl sites for hydroxylation is 1. The summed E-state index contributed by atoms with van der Waals surface area (Å²) in [7, 11) is 0. The second-order valence-electron chi connectivity index (χ2n) is 13.1. The standard InChI is InChI=1S/C40H34F3NO2/c1-25-8-10-26(11-9-25)39(27-12-15-29(16-13-27)44-20-22-45-23-21-44)19-18-33-36-35(30-6-4-5-7-31(30)37(33)46-39)32-17-14-28(40(41,42)43)24-34(32)38(36,2)3/h4-19,24H,20-23H2,1-3H3. The minimum atomic E-state index is -4.42. The lowest BCUT2D eigenvalue weighted by Crippen LogP contribution is -2.37. The number of morpholine rings is 1. The molecule has 0 radical (unpaired) electrons. The molecule has 2 aliphatic heterocycles. The van der Waals surface area contributed by atoms with E-state index in [0.717, 1.165) is 74.2 Å². The van der Waals surface area contributed by atoms with Crippen LogP contribution in [0, 0.1) is 6.92 Å². The average molecular weight is 618 g/mol.